The lowest BCUT2D eigenvalue weighted by molar-refractivity contribution is 0.0904. The normalized spacial score (nSPS) is 16.4. The van der Waals surface area contributed by atoms with Gasteiger partial charge in [0.1, 0.15) is 5.75 Å². The van der Waals surface area contributed by atoms with Gasteiger partial charge in [-0.15, -0.1) is 0 Å². The minimum Gasteiger partial charge on any atom is -0.497 e. The molecule has 196 valence electrons. The van der Waals surface area contributed by atoms with E-state index in [1.807, 2.05) is 10.6 Å². The van der Waals surface area contributed by atoms with Crippen molar-refractivity contribution < 1.29 is 9.53 Å². The van der Waals surface area contributed by atoms with Crippen LogP contribution in [0, 0.1) is 0 Å². The zero-order valence-corrected chi connectivity index (χ0v) is 22.8. The number of likely N-dealkylation sites (N-methyl/N-ethyl adjacent to an activating group) is 1. The van der Waals surface area contributed by atoms with E-state index in [0.717, 1.165) is 30.5 Å². The Kier molecular flexibility index (Phi) is 12.2. The van der Waals surface area contributed by atoms with Crippen molar-refractivity contribution in [3.8, 4) is 5.75 Å². The number of rotatable bonds is 17. The summed E-state index contributed by atoms with van der Waals surface area (Å²) in [5.41, 5.74) is 2.30. The van der Waals surface area contributed by atoms with E-state index in [-0.39, 0.29) is 5.91 Å². The second-order valence-electron chi connectivity index (χ2n) is 10.8. The third-order valence-corrected chi connectivity index (χ3v) is 7.98. The van der Waals surface area contributed by atoms with E-state index in [1.165, 1.54) is 101 Å². The zero-order valence-electron chi connectivity index (χ0n) is 22.8. The topological polar surface area (TPSA) is 34.5 Å². The summed E-state index contributed by atoms with van der Waals surface area (Å²) in [6.45, 7) is 3.45. The first-order valence-electron chi connectivity index (χ1n) is 14.6. The summed E-state index contributed by atoms with van der Waals surface area (Å²) < 4.78 is 7.40. The lowest BCUT2D eigenvalue weighted by Crippen LogP contribution is -2.26. The van der Waals surface area contributed by atoms with Crippen LogP contribution < -0.4 is 4.74 Å². The fraction of sp³-hybridized carbons (Fsp3) is 0.710. The molecule has 0 spiro atoms. The lowest BCUT2D eigenvalue weighted by Gasteiger charge is -2.18. The lowest BCUT2D eigenvalue weighted by atomic mass is 10.0. The molecule has 4 nitrogen and oxygen atoms in total. The van der Waals surface area contributed by atoms with E-state index in [2.05, 4.69) is 37.2 Å². The Morgan fingerprint density at radius 3 is 2.14 bits per heavy atom. The summed E-state index contributed by atoms with van der Waals surface area (Å²) in [6.07, 6.45) is 23.5. The Labute approximate surface area is 214 Å². The quantitative estimate of drug-likeness (QED) is 0.212. The maximum Gasteiger partial charge on any atom is 0.231 e. The van der Waals surface area contributed by atoms with E-state index >= 15 is 0 Å². The molecule has 1 aromatic heterocycles. The molecular weight excluding hydrogens is 432 g/mol. The van der Waals surface area contributed by atoms with Crippen LogP contribution in [0.5, 0.6) is 5.75 Å². The van der Waals surface area contributed by atoms with Crippen molar-refractivity contribution in [3.63, 3.8) is 0 Å². The Balaban J connectivity index is 1.41. The molecule has 2 heterocycles. The largest absolute Gasteiger partial charge is 0.497 e. The molecule has 4 heteroatoms. The molecule has 0 aliphatic carbocycles. The fourth-order valence-corrected chi connectivity index (χ4v) is 5.68. The minimum atomic E-state index is 0.231. The van der Waals surface area contributed by atoms with Crippen molar-refractivity contribution in [1.29, 1.82) is 0 Å². The van der Waals surface area contributed by atoms with Gasteiger partial charge in [0.2, 0.25) is 5.91 Å². The molecule has 0 N–H and O–H groups in total. The molecule has 0 amide bonds. The second kappa shape index (κ2) is 15.3. The molecule has 2 aromatic rings. The van der Waals surface area contributed by atoms with Crippen LogP contribution in [-0.4, -0.2) is 42.1 Å². The van der Waals surface area contributed by atoms with Crippen molar-refractivity contribution in [1.82, 2.24) is 9.47 Å². The van der Waals surface area contributed by atoms with Gasteiger partial charge in [-0.1, -0.05) is 84.0 Å². The van der Waals surface area contributed by atoms with E-state index < -0.39 is 0 Å². The number of ether oxygens (including phenoxy) is 1. The van der Waals surface area contributed by atoms with E-state index in [0.29, 0.717) is 12.5 Å². The van der Waals surface area contributed by atoms with Crippen LogP contribution in [0.25, 0.3) is 10.9 Å². The Bertz CT molecular complexity index is 887. The molecule has 0 saturated carbocycles. The van der Waals surface area contributed by atoms with Crippen molar-refractivity contribution in [2.45, 2.75) is 122 Å². The first-order chi connectivity index (χ1) is 17.1. The van der Waals surface area contributed by atoms with Gasteiger partial charge in [0, 0.05) is 24.0 Å². The van der Waals surface area contributed by atoms with E-state index in [9.17, 15) is 4.79 Å². The molecule has 1 fully saturated rings. The Hall–Kier alpha value is -1.81. The van der Waals surface area contributed by atoms with Gasteiger partial charge in [0.05, 0.1) is 12.6 Å². The predicted octanol–water partition coefficient (Wildman–Crippen LogP) is 8.41. The summed E-state index contributed by atoms with van der Waals surface area (Å²) in [7, 11) is 3.93. The van der Waals surface area contributed by atoms with Crippen LogP contribution in [0.15, 0.2) is 24.4 Å². The number of methoxy groups -OCH3 is 1. The van der Waals surface area contributed by atoms with Gasteiger partial charge >= 0.3 is 0 Å². The van der Waals surface area contributed by atoms with Gasteiger partial charge < -0.3 is 9.64 Å². The molecule has 1 aliphatic rings. The van der Waals surface area contributed by atoms with Crippen molar-refractivity contribution in [3.05, 3.63) is 30.0 Å². The minimum absolute atomic E-state index is 0.231. The number of aromatic nitrogens is 1. The SMILES string of the molecule is CCCCCCCCCCCCCCCC(=O)n1cc(C[C@H]2CCCN2C)c2cc(OC)ccc21. The molecular formula is C31H50N2O2. The zero-order chi connectivity index (χ0) is 24.9. The number of hydrogen-bond donors (Lipinski definition) is 0. The van der Waals surface area contributed by atoms with E-state index in [4.69, 9.17) is 4.74 Å². The molecule has 1 aromatic carbocycles. The molecule has 1 aliphatic heterocycles. The average Bonchev–Trinajstić information content (AvgIpc) is 3.44. The predicted molar refractivity (Wildman–Crippen MR) is 149 cm³/mol. The van der Waals surface area contributed by atoms with Gasteiger partial charge in [-0.25, -0.2) is 0 Å². The first kappa shape index (κ1) is 27.8. The molecule has 0 bridgehead atoms. The number of unbranched alkanes of at least 4 members (excludes halogenated alkanes) is 12. The van der Waals surface area contributed by atoms with Crippen LogP contribution in [0.4, 0.5) is 0 Å². The molecule has 1 atom stereocenters. The highest BCUT2D eigenvalue weighted by Crippen LogP contribution is 2.30. The smallest absolute Gasteiger partial charge is 0.231 e. The monoisotopic (exact) mass is 482 g/mol. The van der Waals surface area contributed by atoms with Crippen molar-refractivity contribution >= 4 is 16.8 Å². The fourth-order valence-electron chi connectivity index (χ4n) is 5.68. The Morgan fingerprint density at radius 2 is 1.57 bits per heavy atom. The average molecular weight is 483 g/mol. The summed E-state index contributed by atoms with van der Waals surface area (Å²) in [5, 5.41) is 1.17. The molecule has 35 heavy (non-hydrogen) atoms. The number of carbonyl (C=O) groups is 1. The summed E-state index contributed by atoms with van der Waals surface area (Å²) in [6, 6.07) is 6.70. The summed E-state index contributed by atoms with van der Waals surface area (Å²) >= 11 is 0. The van der Waals surface area contributed by atoms with Gasteiger partial charge in [-0.2, -0.15) is 0 Å². The number of benzene rings is 1. The highest BCUT2D eigenvalue weighted by Gasteiger charge is 2.23. The summed E-state index contributed by atoms with van der Waals surface area (Å²) in [5.74, 6) is 1.09. The van der Waals surface area contributed by atoms with Crippen LogP contribution in [0.3, 0.4) is 0 Å². The highest BCUT2D eigenvalue weighted by molar-refractivity contribution is 5.95. The molecule has 0 radical (unpaired) electrons. The van der Waals surface area contributed by atoms with Crippen LogP contribution in [0.2, 0.25) is 0 Å². The highest BCUT2D eigenvalue weighted by atomic mass is 16.5. The molecule has 1 saturated heterocycles. The van der Waals surface area contributed by atoms with Gasteiger partial charge in [0.25, 0.3) is 0 Å². The third kappa shape index (κ3) is 8.66. The number of fused-ring (bicyclic) bond motifs is 1. The molecule has 3 rings (SSSR count). The summed E-state index contributed by atoms with van der Waals surface area (Å²) in [4.78, 5) is 15.6. The van der Waals surface area contributed by atoms with Crippen LogP contribution in [-0.2, 0) is 6.42 Å². The van der Waals surface area contributed by atoms with Crippen LogP contribution >= 0.6 is 0 Å². The number of likely N-dealkylation sites (tertiary alicyclic amines) is 1. The van der Waals surface area contributed by atoms with E-state index in [1.54, 1.807) is 7.11 Å². The maximum absolute atomic E-state index is 13.2. The Morgan fingerprint density at radius 1 is 0.943 bits per heavy atom. The number of carbonyl (C=O) groups excluding carboxylic acids is 1. The van der Waals surface area contributed by atoms with Gasteiger partial charge in [-0.05, 0) is 63.0 Å². The molecule has 0 unspecified atom stereocenters. The maximum atomic E-state index is 13.2. The first-order valence-corrected chi connectivity index (χ1v) is 14.6. The van der Waals surface area contributed by atoms with Crippen molar-refractivity contribution in [2.75, 3.05) is 20.7 Å². The van der Waals surface area contributed by atoms with Crippen LogP contribution in [0.1, 0.15) is 120 Å². The number of hydrogen-bond acceptors (Lipinski definition) is 3. The second-order valence-corrected chi connectivity index (χ2v) is 10.8. The number of nitrogens with zero attached hydrogens (tertiary/aromatic N) is 2. The standard InChI is InChI=1S/C31H50N2O2/c1-4-5-6-7-8-9-10-11-12-13-14-15-16-19-31(34)33-25-26(23-27-18-17-22-32(27)2)29-24-28(35-3)20-21-30(29)33/h20-21,24-25,27H,4-19,22-23H2,1-3H3/t27-/m1/s1. The van der Waals surface area contributed by atoms with Crippen molar-refractivity contribution in [2.24, 2.45) is 0 Å². The van der Waals surface area contributed by atoms with Gasteiger partial charge in [0.15, 0.2) is 0 Å². The van der Waals surface area contributed by atoms with Gasteiger partial charge in [-0.3, -0.25) is 9.36 Å². The third-order valence-electron chi connectivity index (χ3n) is 7.98.